The average molecular weight is 354 g/mol. The second kappa shape index (κ2) is 7.70. The third-order valence-corrected chi connectivity index (χ3v) is 4.70. The first-order chi connectivity index (χ1) is 12.8. The van der Waals surface area contributed by atoms with Gasteiger partial charge in [-0.1, -0.05) is 6.08 Å². The summed E-state index contributed by atoms with van der Waals surface area (Å²) in [5.74, 6) is 2.22. The number of morpholine rings is 1. The fourth-order valence-corrected chi connectivity index (χ4v) is 3.33. The van der Waals surface area contributed by atoms with Crippen molar-refractivity contribution >= 4 is 11.7 Å². The van der Waals surface area contributed by atoms with Gasteiger partial charge in [-0.3, -0.25) is 4.79 Å². The summed E-state index contributed by atoms with van der Waals surface area (Å²) >= 11 is 0. The van der Waals surface area contributed by atoms with Crippen LogP contribution in [0.1, 0.15) is 36.9 Å². The number of aromatic nitrogens is 2. The van der Waals surface area contributed by atoms with Gasteiger partial charge >= 0.3 is 0 Å². The predicted octanol–water partition coefficient (Wildman–Crippen LogP) is 2.69. The molecule has 1 aliphatic heterocycles. The molecule has 1 saturated heterocycles. The molecule has 1 aliphatic carbocycles. The number of carbonyl (C=O) groups excluding carboxylic acids is 1. The molecule has 0 radical (unpaired) electrons. The quantitative estimate of drug-likeness (QED) is 0.889. The standard InChI is InChI=1S/C19H22N4O3/c24-19(14-4-1-2-5-14)23-9-11-25-13-16(23)18-20-8-7-17(22-18)21-12-15-6-3-10-26-15/h3-4,6-8,10,16H,1-2,5,9,11-13H2,(H,20,21,22)/t16-/m1/s1. The van der Waals surface area contributed by atoms with Crippen molar-refractivity contribution in [1.82, 2.24) is 14.9 Å². The van der Waals surface area contributed by atoms with Crippen molar-refractivity contribution in [2.75, 3.05) is 25.1 Å². The SMILES string of the molecule is O=C(C1=CCCC1)N1CCOC[C@@H]1c1nccc(NCc2ccco2)n1. The average Bonchev–Trinajstić information content (AvgIpc) is 3.40. The number of furan rings is 1. The van der Waals surface area contributed by atoms with E-state index < -0.39 is 0 Å². The van der Waals surface area contributed by atoms with Crippen molar-refractivity contribution in [2.24, 2.45) is 0 Å². The largest absolute Gasteiger partial charge is 0.467 e. The van der Waals surface area contributed by atoms with E-state index in [-0.39, 0.29) is 11.9 Å². The van der Waals surface area contributed by atoms with E-state index in [1.807, 2.05) is 23.1 Å². The Morgan fingerprint density at radius 3 is 3.15 bits per heavy atom. The Morgan fingerprint density at radius 2 is 2.35 bits per heavy atom. The fraction of sp³-hybridized carbons (Fsp3) is 0.421. The minimum atomic E-state index is -0.261. The molecule has 1 N–H and O–H groups in total. The molecule has 7 nitrogen and oxygen atoms in total. The molecule has 0 saturated carbocycles. The molecule has 1 amide bonds. The van der Waals surface area contributed by atoms with Gasteiger partial charge in [0.2, 0.25) is 5.91 Å². The number of ether oxygens (including phenoxy) is 1. The molecular formula is C19H22N4O3. The van der Waals surface area contributed by atoms with Crippen LogP contribution in [0.25, 0.3) is 0 Å². The van der Waals surface area contributed by atoms with Crippen molar-refractivity contribution in [3.8, 4) is 0 Å². The van der Waals surface area contributed by atoms with Crippen molar-refractivity contribution < 1.29 is 13.9 Å². The summed E-state index contributed by atoms with van der Waals surface area (Å²) < 4.78 is 10.9. The molecule has 2 aliphatic rings. The summed E-state index contributed by atoms with van der Waals surface area (Å²) in [6.45, 7) is 2.07. The van der Waals surface area contributed by atoms with Crippen LogP contribution in [0.4, 0.5) is 5.82 Å². The third kappa shape index (κ3) is 3.62. The maximum absolute atomic E-state index is 12.9. The normalized spacial score (nSPS) is 20.1. The second-order valence-corrected chi connectivity index (χ2v) is 6.44. The third-order valence-electron chi connectivity index (χ3n) is 4.70. The van der Waals surface area contributed by atoms with Gasteiger partial charge in [0.15, 0.2) is 5.82 Å². The fourth-order valence-electron chi connectivity index (χ4n) is 3.33. The molecule has 7 heteroatoms. The number of nitrogens with zero attached hydrogens (tertiary/aromatic N) is 3. The second-order valence-electron chi connectivity index (χ2n) is 6.44. The summed E-state index contributed by atoms with van der Waals surface area (Å²) in [5.41, 5.74) is 0.906. The molecule has 2 aromatic heterocycles. The molecule has 0 bridgehead atoms. The van der Waals surface area contributed by atoms with Gasteiger partial charge < -0.3 is 19.4 Å². The van der Waals surface area contributed by atoms with Crippen LogP contribution in [0.15, 0.2) is 46.7 Å². The van der Waals surface area contributed by atoms with Crippen LogP contribution in [0.2, 0.25) is 0 Å². The van der Waals surface area contributed by atoms with Gasteiger partial charge in [0.05, 0.1) is 26.0 Å². The van der Waals surface area contributed by atoms with Gasteiger partial charge in [0, 0.05) is 18.3 Å². The van der Waals surface area contributed by atoms with E-state index >= 15 is 0 Å². The van der Waals surface area contributed by atoms with E-state index in [1.54, 1.807) is 12.5 Å². The Hall–Kier alpha value is -2.67. The number of hydrogen-bond acceptors (Lipinski definition) is 6. The summed E-state index contributed by atoms with van der Waals surface area (Å²) in [7, 11) is 0. The van der Waals surface area contributed by atoms with Crippen molar-refractivity contribution in [1.29, 1.82) is 0 Å². The zero-order valence-electron chi connectivity index (χ0n) is 14.6. The smallest absolute Gasteiger partial charge is 0.250 e. The minimum absolute atomic E-state index is 0.0911. The molecule has 4 rings (SSSR count). The Labute approximate surface area is 152 Å². The zero-order valence-corrected chi connectivity index (χ0v) is 14.6. The Balaban J connectivity index is 1.50. The summed E-state index contributed by atoms with van der Waals surface area (Å²) in [4.78, 5) is 23.7. The van der Waals surface area contributed by atoms with Crippen molar-refractivity contribution in [3.05, 3.63) is 53.9 Å². The lowest BCUT2D eigenvalue weighted by Gasteiger charge is -2.35. The molecule has 0 unspecified atom stereocenters. The van der Waals surface area contributed by atoms with Gasteiger partial charge in [0.25, 0.3) is 0 Å². The van der Waals surface area contributed by atoms with E-state index in [4.69, 9.17) is 9.15 Å². The number of hydrogen-bond donors (Lipinski definition) is 1. The number of carbonyl (C=O) groups is 1. The molecular weight excluding hydrogens is 332 g/mol. The highest BCUT2D eigenvalue weighted by Crippen LogP contribution is 2.27. The molecule has 136 valence electrons. The maximum atomic E-state index is 12.9. The lowest BCUT2D eigenvalue weighted by molar-refractivity contribution is -0.136. The van der Waals surface area contributed by atoms with Crippen LogP contribution in [-0.4, -0.2) is 40.5 Å². The molecule has 1 fully saturated rings. The van der Waals surface area contributed by atoms with E-state index in [0.29, 0.717) is 37.9 Å². The maximum Gasteiger partial charge on any atom is 0.250 e. The number of amides is 1. The van der Waals surface area contributed by atoms with E-state index in [1.165, 1.54) is 0 Å². The number of nitrogens with one attached hydrogen (secondary N) is 1. The lowest BCUT2D eigenvalue weighted by atomic mass is 10.1. The van der Waals surface area contributed by atoms with Gasteiger partial charge in [-0.05, 0) is 37.5 Å². The highest BCUT2D eigenvalue weighted by molar-refractivity contribution is 5.94. The number of anilines is 1. The van der Waals surface area contributed by atoms with Gasteiger partial charge in [0.1, 0.15) is 17.6 Å². The number of allylic oxidation sites excluding steroid dienone is 1. The first-order valence-corrected chi connectivity index (χ1v) is 8.98. The topological polar surface area (TPSA) is 80.5 Å². The van der Waals surface area contributed by atoms with Crippen LogP contribution in [-0.2, 0) is 16.1 Å². The summed E-state index contributed by atoms with van der Waals surface area (Å²) in [6.07, 6.45) is 8.30. The summed E-state index contributed by atoms with van der Waals surface area (Å²) in [5, 5.41) is 3.23. The van der Waals surface area contributed by atoms with E-state index in [0.717, 1.165) is 30.6 Å². The Morgan fingerprint density at radius 1 is 1.38 bits per heavy atom. The first-order valence-electron chi connectivity index (χ1n) is 8.98. The zero-order chi connectivity index (χ0) is 17.8. The highest BCUT2D eigenvalue weighted by atomic mass is 16.5. The van der Waals surface area contributed by atoms with Crippen LogP contribution in [0.3, 0.4) is 0 Å². The first kappa shape index (κ1) is 16.8. The van der Waals surface area contributed by atoms with Gasteiger partial charge in [-0.15, -0.1) is 0 Å². The van der Waals surface area contributed by atoms with Crippen LogP contribution >= 0.6 is 0 Å². The van der Waals surface area contributed by atoms with Gasteiger partial charge in [-0.2, -0.15) is 0 Å². The molecule has 26 heavy (non-hydrogen) atoms. The van der Waals surface area contributed by atoms with Crippen molar-refractivity contribution in [2.45, 2.75) is 31.8 Å². The van der Waals surface area contributed by atoms with Crippen LogP contribution in [0.5, 0.6) is 0 Å². The molecule has 2 aromatic rings. The highest BCUT2D eigenvalue weighted by Gasteiger charge is 2.32. The molecule has 1 atom stereocenters. The minimum Gasteiger partial charge on any atom is -0.467 e. The monoisotopic (exact) mass is 354 g/mol. The van der Waals surface area contributed by atoms with Gasteiger partial charge in [-0.25, -0.2) is 9.97 Å². The molecule has 0 aromatic carbocycles. The Bertz CT molecular complexity index is 788. The summed E-state index contributed by atoms with van der Waals surface area (Å²) in [6, 6.07) is 5.30. The van der Waals surface area contributed by atoms with Crippen LogP contribution in [0, 0.1) is 0 Å². The Kier molecular flexibility index (Phi) is 4.97. The van der Waals surface area contributed by atoms with E-state index in [9.17, 15) is 4.79 Å². The van der Waals surface area contributed by atoms with Crippen LogP contribution < -0.4 is 5.32 Å². The van der Waals surface area contributed by atoms with Crippen molar-refractivity contribution in [3.63, 3.8) is 0 Å². The lowest BCUT2D eigenvalue weighted by Crippen LogP contribution is -2.44. The van der Waals surface area contributed by atoms with E-state index in [2.05, 4.69) is 21.4 Å². The molecule has 0 spiro atoms. The number of rotatable bonds is 5. The predicted molar refractivity (Wildman–Crippen MR) is 95.3 cm³/mol. The molecule has 3 heterocycles.